The molecule has 1 atom stereocenters. The fraction of sp³-hybridized carbons (Fsp3) is 0.562. The van der Waals surface area contributed by atoms with Gasteiger partial charge in [0.05, 0.1) is 13.5 Å². The van der Waals surface area contributed by atoms with Crippen LogP contribution in [-0.4, -0.2) is 13.1 Å². The van der Waals surface area contributed by atoms with Gasteiger partial charge < -0.3 is 10.5 Å². The van der Waals surface area contributed by atoms with Gasteiger partial charge in [0.15, 0.2) is 0 Å². The van der Waals surface area contributed by atoms with Crippen LogP contribution in [0.15, 0.2) is 24.3 Å². The number of esters is 1. The van der Waals surface area contributed by atoms with Crippen LogP contribution in [0.5, 0.6) is 0 Å². The number of hydrogen-bond acceptors (Lipinski definition) is 3. The minimum absolute atomic E-state index is 0.00610. The van der Waals surface area contributed by atoms with Crippen molar-refractivity contribution in [2.45, 2.75) is 44.6 Å². The van der Waals surface area contributed by atoms with E-state index in [1.807, 2.05) is 24.3 Å². The molecule has 1 saturated carbocycles. The maximum atomic E-state index is 11.7. The molecule has 0 spiro atoms. The van der Waals surface area contributed by atoms with Crippen molar-refractivity contribution in [1.29, 1.82) is 0 Å². The van der Waals surface area contributed by atoms with Gasteiger partial charge in [0.1, 0.15) is 0 Å². The van der Waals surface area contributed by atoms with Crippen LogP contribution in [0.2, 0.25) is 5.02 Å². The Balaban J connectivity index is 2.07. The molecule has 1 aliphatic carbocycles. The Kier molecular flexibility index (Phi) is 5.06. The molecule has 0 aliphatic heterocycles. The Bertz CT molecular complexity index is 452. The summed E-state index contributed by atoms with van der Waals surface area (Å²) in [6, 6.07) is 7.59. The highest BCUT2D eigenvalue weighted by Gasteiger charge is 2.37. The fourth-order valence-corrected chi connectivity index (χ4v) is 3.38. The molecule has 1 aromatic carbocycles. The van der Waals surface area contributed by atoms with Crippen LogP contribution >= 0.6 is 11.6 Å². The lowest BCUT2D eigenvalue weighted by atomic mass is 9.76. The number of nitrogens with two attached hydrogens (primary N) is 1. The molecule has 0 radical (unpaired) electrons. The Morgan fingerprint density at radius 3 is 2.50 bits per heavy atom. The van der Waals surface area contributed by atoms with Crippen LogP contribution in [0.25, 0.3) is 0 Å². The standard InChI is InChI=1S/C16H22ClNO2/c1-20-15(19)11-16(8-2-3-9-16)10-14(18)12-4-6-13(17)7-5-12/h4-7,14H,2-3,8-11,18H2,1H3. The number of ether oxygens (including phenoxy) is 1. The number of carbonyl (C=O) groups is 1. The molecule has 0 bridgehead atoms. The third-order valence-corrected chi connectivity index (χ3v) is 4.61. The third-order valence-electron chi connectivity index (χ3n) is 4.36. The first-order valence-electron chi connectivity index (χ1n) is 7.12. The third kappa shape index (κ3) is 3.74. The summed E-state index contributed by atoms with van der Waals surface area (Å²) in [5.41, 5.74) is 7.41. The number of carbonyl (C=O) groups excluding carboxylic acids is 1. The Labute approximate surface area is 125 Å². The van der Waals surface area contributed by atoms with Crippen LogP contribution in [-0.2, 0) is 9.53 Å². The van der Waals surface area contributed by atoms with Gasteiger partial charge in [0.2, 0.25) is 0 Å². The second-order valence-electron chi connectivity index (χ2n) is 5.82. The first kappa shape index (κ1) is 15.3. The van der Waals surface area contributed by atoms with Crippen LogP contribution in [0.1, 0.15) is 50.1 Å². The highest BCUT2D eigenvalue weighted by Crippen LogP contribution is 2.46. The van der Waals surface area contributed by atoms with E-state index in [4.69, 9.17) is 22.1 Å². The van der Waals surface area contributed by atoms with Gasteiger partial charge in [-0.05, 0) is 42.4 Å². The van der Waals surface area contributed by atoms with E-state index < -0.39 is 0 Å². The molecule has 1 fully saturated rings. The zero-order valence-electron chi connectivity index (χ0n) is 11.9. The van der Waals surface area contributed by atoms with Gasteiger partial charge in [0, 0.05) is 11.1 Å². The van der Waals surface area contributed by atoms with Gasteiger partial charge in [-0.15, -0.1) is 0 Å². The molecular formula is C16H22ClNO2. The van der Waals surface area contributed by atoms with Crippen molar-refractivity contribution in [2.24, 2.45) is 11.1 Å². The van der Waals surface area contributed by atoms with E-state index in [-0.39, 0.29) is 17.4 Å². The summed E-state index contributed by atoms with van der Waals surface area (Å²) in [5, 5.41) is 0.714. The minimum Gasteiger partial charge on any atom is -0.469 e. The van der Waals surface area contributed by atoms with Gasteiger partial charge in [-0.2, -0.15) is 0 Å². The minimum atomic E-state index is -0.129. The molecule has 2 N–H and O–H groups in total. The average molecular weight is 296 g/mol. The first-order valence-corrected chi connectivity index (χ1v) is 7.50. The lowest BCUT2D eigenvalue weighted by molar-refractivity contribution is -0.143. The predicted octanol–water partition coefficient (Wildman–Crippen LogP) is 3.85. The fourth-order valence-electron chi connectivity index (χ4n) is 3.25. The van der Waals surface area contributed by atoms with E-state index in [2.05, 4.69) is 0 Å². The van der Waals surface area contributed by atoms with Crippen molar-refractivity contribution >= 4 is 17.6 Å². The number of halogens is 1. The number of methoxy groups -OCH3 is 1. The molecule has 0 amide bonds. The number of benzene rings is 1. The quantitative estimate of drug-likeness (QED) is 0.839. The summed E-state index contributed by atoms with van der Waals surface area (Å²) in [7, 11) is 1.45. The van der Waals surface area contributed by atoms with Gasteiger partial charge in [-0.1, -0.05) is 36.6 Å². The van der Waals surface area contributed by atoms with Gasteiger partial charge in [0.25, 0.3) is 0 Å². The lowest BCUT2D eigenvalue weighted by Gasteiger charge is -2.31. The second kappa shape index (κ2) is 6.59. The van der Waals surface area contributed by atoms with E-state index in [9.17, 15) is 4.79 Å². The van der Waals surface area contributed by atoms with E-state index >= 15 is 0 Å². The van der Waals surface area contributed by atoms with E-state index in [1.54, 1.807) is 0 Å². The maximum absolute atomic E-state index is 11.7. The smallest absolute Gasteiger partial charge is 0.306 e. The van der Waals surface area contributed by atoms with Crippen LogP contribution in [0.3, 0.4) is 0 Å². The summed E-state index contributed by atoms with van der Waals surface area (Å²) in [6.45, 7) is 0. The summed E-state index contributed by atoms with van der Waals surface area (Å²) in [5.74, 6) is -0.129. The molecule has 1 aromatic rings. The molecule has 0 aromatic heterocycles. The van der Waals surface area contributed by atoms with Gasteiger partial charge in [-0.3, -0.25) is 4.79 Å². The van der Waals surface area contributed by atoms with Crippen molar-refractivity contribution in [1.82, 2.24) is 0 Å². The molecule has 1 aliphatic rings. The number of hydrogen-bond donors (Lipinski definition) is 1. The molecule has 3 nitrogen and oxygen atoms in total. The SMILES string of the molecule is COC(=O)CC1(CC(N)c2ccc(Cl)cc2)CCCC1. The van der Waals surface area contributed by atoms with Crippen molar-refractivity contribution in [2.75, 3.05) is 7.11 Å². The van der Waals surface area contributed by atoms with Crippen LogP contribution in [0, 0.1) is 5.41 Å². The first-order chi connectivity index (χ1) is 9.54. The van der Waals surface area contributed by atoms with Gasteiger partial charge in [-0.25, -0.2) is 0 Å². The van der Waals surface area contributed by atoms with E-state index in [1.165, 1.54) is 20.0 Å². The zero-order chi connectivity index (χ0) is 14.6. The molecule has 0 saturated heterocycles. The highest BCUT2D eigenvalue weighted by molar-refractivity contribution is 6.30. The molecular weight excluding hydrogens is 274 g/mol. The second-order valence-corrected chi connectivity index (χ2v) is 6.26. The lowest BCUT2D eigenvalue weighted by Crippen LogP contribution is -2.27. The Morgan fingerprint density at radius 1 is 1.35 bits per heavy atom. The maximum Gasteiger partial charge on any atom is 0.306 e. The summed E-state index contributed by atoms with van der Waals surface area (Å²) in [6.07, 6.45) is 5.76. The van der Waals surface area contributed by atoms with Crippen molar-refractivity contribution in [3.63, 3.8) is 0 Å². The van der Waals surface area contributed by atoms with Crippen molar-refractivity contribution in [3.05, 3.63) is 34.9 Å². The average Bonchev–Trinajstić information content (AvgIpc) is 2.87. The van der Waals surface area contributed by atoms with Crippen molar-refractivity contribution in [3.8, 4) is 0 Å². The number of rotatable bonds is 5. The summed E-state index contributed by atoms with van der Waals surface area (Å²) in [4.78, 5) is 11.7. The largest absolute Gasteiger partial charge is 0.469 e. The van der Waals surface area contributed by atoms with Gasteiger partial charge >= 0.3 is 5.97 Å². The predicted molar refractivity (Wildman–Crippen MR) is 80.5 cm³/mol. The normalized spacial score (nSPS) is 18.8. The Hall–Kier alpha value is -1.06. The molecule has 110 valence electrons. The van der Waals surface area contributed by atoms with Crippen LogP contribution < -0.4 is 5.73 Å². The van der Waals surface area contributed by atoms with Crippen LogP contribution in [0.4, 0.5) is 0 Å². The monoisotopic (exact) mass is 295 g/mol. The molecule has 1 unspecified atom stereocenters. The molecule has 20 heavy (non-hydrogen) atoms. The summed E-state index contributed by atoms with van der Waals surface area (Å²) < 4.78 is 4.84. The van der Waals surface area contributed by atoms with Crippen molar-refractivity contribution < 1.29 is 9.53 Å². The molecule has 0 heterocycles. The van der Waals surface area contributed by atoms with E-state index in [0.717, 1.165) is 24.8 Å². The summed E-state index contributed by atoms with van der Waals surface area (Å²) >= 11 is 5.90. The molecule has 2 rings (SSSR count). The topological polar surface area (TPSA) is 52.3 Å². The van der Waals surface area contributed by atoms with E-state index in [0.29, 0.717) is 11.4 Å². The Morgan fingerprint density at radius 2 is 1.95 bits per heavy atom. The zero-order valence-corrected chi connectivity index (χ0v) is 12.7. The molecule has 4 heteroatoms. The highest BCUT2D eigenvalue weighted by atomic mass is 35.5.